The van der Waals surface area contributed by atoms with Gasteiger partial charge in [-0.2, -0.15) is 0 Å². The summed E-state index contributed by atoms with van der Waals surface area (Å²) in [5, 5.41) is 8.99. The van der Waals surface area contributed by atoms with Crippen LogP contribution in [0.15, 0.2) is 30.3 Å². The number of carboxylic acids is 1. The summed E-state index contributed by atoms with van der Waals surface area (Å²) in [6.07, 6.45) is 3.50. The second kappa shape index (κ2) is 7.25. The molecule has 1 N–H and O–H groups in total. The van der Waals surface area contributed by atoms with E-state index in [-0.39, 0.29) is 17.7 Å². The molecule has 1 aliphatic rings. The minimum atomic E-state index is -0.724. The predicted octanol–water partition coefficient (Wildman–Crippen LogP) is 2.58. The molecule has 0 unspecified atom stereocenters. The summed E-state index contributed by atoms with van der Waals surface area (Å²) >= 11 is 0. The Morgan fingerprint density at radius 2 is 1.67 bits per heavy atom. The molecule has 0 saturated heterocycles. The Balaban J connectivity index is 1.79. The van der Waals surface area contributed by atoms with Crippen LogP contribution in [0.3, 0.4) is 0 Å². The van der Waals surface area contributed by atoms with Crippen LogP contribution in [0.5, 0.6) is 0 Å². The molecule has 2 rings (SSSR count). The van der Waals surface area contributed by atoms with Crippen molar-refractivity contribution in [3.05, 3.63) is 35.9 Å². The average molecular weight is 289 g/mol. The third-order valence-corrected chi connectivity index (χ3v) is 4.38. The van der Waals surface area contributed by atoms with Crippen molar-refractivity contribution >= 4 is 11.9 Å². The highest BCUT2D eigenvalue weighted by Crippen LogP contribution is 2.30. The molecule has 4 nitrogen and oxygen atoms in total. The maximum Gasteiger partial charge on any atom is 0.306 e. The van der Waals surface area contributed by atoms with E-state index in [9.17, 15) is 9.59 Å². The molecule has 0 atom stereocenters. The lowest BCUT2D eigenvalue weighted by Gasteiger charge is -2.29. The van der Waals surface area contributed by atoms with Gasteiger partial charge in [0.25, 0.3) is 0 Å². The molecular weight excluding hydrogens is 266 g/mol. The molecule has 0 spiro atoms. The van der Waals surface area contributed by atoms with Crippen LogP contribution >= 0.6 is 0 Å². The Bertz CT molecular complexity index is 478. The van der Waals surface area contributed by atoms with Gasteiger partial charge in [0.1, 0.15) is 0 Å². The van der Waals surface area contributed by atoms with Crippen molar-refractivity contribution < 1.29 is 14.7 Å². The summed E-state index contributed by atoms with van der Waals surface area (Å²) < 4.78 is 0. The van der Waals surface area contributed by atoms with Gasteiger partial charge in [-0.3, -0.25) is 9.59 Å². The Hall–Kier alpha value is -1.84. The largest absolute Gasteiger partial charge is 0.481 e. The predicted molar refractivity (Wildman–Crippen MR) is 80.9 cm³/mol. The van der Waals surface area contributed by atoms with Gasteiger partial charge in [-0.1, -0.05) is 30.3 Å². The van der Waals surface area contributed by atoms with Gasteiger partial charge in [-0.25, -0.2) is 0 Å². The van der Waals surface area contributed by atoms with Crippen LogP contribution in [0.25, 0.3) is 0 Å². The van der Waals surface area contributed by atoms with Crippen LogP contribution in [-0.4, -0.2) is 35.5 Å². The zero-order valence-corrected chi connectivity index (χ0v) is 12.5. The van der Waals surface area contributed by atoms with E-state index < -0.39 is 5.97 Å². The van der Waals surface area contributed by atoms with E-state index in [2.05, 4.69) is 12.1 Å². The molecule has 0 aliphatic heterocycles. The third kappa shape index (κ3) is 4.31. The fourth-order valence-electron chi connectivity index (χ4n) is 2.95. The summed E-state index contributed by atoms with van der Waals surface area (Å²) in [5.74, 6) is -0.821. The smallest absolute Gasteiger partial charge is 0.306 e. The van der Waals surface area contributed by atoms with Crippen molar-refractivity contribution in [3.8, 4) is 0 Å². The zero-order valence-electron chi connectivity index (χ0n) is 12.5. The van der Waals surface area contributed by atoms with Crippen molar-refractivity contribution in [2.75, 3.05) is 13.6 Å². The highest BCUT2D eigenvalue weighted by Gasteiger charge is 2.30. The van der Waals surface area contributed by atoms with Crippen molar-refractivity contribution in [1.29, 1.82) is 0 Å². The van der Waals surface area contributed by atoms with E-state index >= 15 is 0 Å². The minimum absolute atomic E-state index is 0.00127. The van der Waals surface area contributed by atoms with Gasteiger partial charge in [-0.15, -0.1) is 0 Å². The Morgan fingerprint density at radius 1 is 1.10 bits per heavy atom. The van der Waals surface area contributed by atoms with E-state index in [1.807, 2.05) is 25.2 Å². The molecule has 4 heteroatoms. The molecule has 1 saturated carbocycles. The number of aliphatic carboxylic acids is 1. The molecule has 1 aromatic rings. The van der Waals surface area contributed by atoms with E-state index in [0.29, 0.717) is 32.2 Å². The summed E-state index contributed by atoms with van der Waals surface area (Å²) in [5.41, 5.74) is 1.23. The van der Waals surface area contributed by atoms with E-state index in [4.69, 9.17) is 5.11 Å². The maximum atomic E-state index is 12.4. The number of rotatable bonds is 5. The molecule has 1 amide bonds. The molecule has 1 aliphatic carbocycles. The topological polar surface area (TPSA) is 57.6 Å². The quantitative estimate of drug-likeness (QED) is 0.906. The number of nitrogens with zero attached hydrogens (tertiary/aromatic N) is 1. The van der Waals surface area contributed by atoms with Crippen LogP contribution < -0.4 is 0 Å². The van der Waals surface area contributed by atoms with Gasteiger partial charge >= 0.3 is 5.97 Å². The van der Waals surface area contributed by atoms with Crippen molar-refractivity contribution in [1.82, 2.24) is 4.90 Å². The molecule has 114 valence electrons. The van der Waals surface area contributed by atoms with Crippen LogP contribution in [0.2, 0.25) is 0 Å². The molecule has 21 heavy (non-hydrogen) atoms. The van der Waals surface area contributed by atoms with Gasteiger partial charge in [0.15, 0.2) is 0 Å². The third-order valence-electron chi connectivity index (χ3n) is 4.38. The minimum Gasteiger partial charge on any atom is -0.481 e. The second-order valence-electron chi connectivity index (χ2n) is 5.88. The van der Waals surface area contributed by atoms with Crippen molar-refractivity contribution in [2.45, 2.75) is 32.1 Å². The highest BCUT2D eigenvalue weighted by molar-refractivity contribution is 5.79. The average Bonchev–Trinajstić information content (AvgIpc) is 2.53. The fourth-order valence-corrected chi connectivity index (χ4v) is 2.95. The molecule has 0 radical (unpaired) electrons. The Kier molecular flexibility index (Phi) is 5.37. The van der Waals surface area contributed by atoms with Crippen LogP contribution in [0, 0.1) is 11.8 Å². The van der Waals surface area contributed by atoms with Crippen molar-refractivity contribution in [2.24, 2.45) is 11.8 Å². The molecule has 1 fully saturated rings. The number of hydrogen-bond donors (Lipinski definition) is 1. The molecule has 0 heterocycles. The summed E-state index contributed by atoms with van der Waals surface area (Å²) in [6, 6.07) is 10.1. The molecule has 0 aromatic heterocycles. The molecule has 1 aromatic carbocycles. The number of benzene rings is 1. The molecular formula is C17H23NO3. The highest BCUT2D eigenvalue weighted by atomic mass is 16.4. The first-order chi connectivity index (χ1) is 10.1. The lowest BCUT2D eigenvalue weighted by Crippen LogP contribution is -2.37. The van der Waals surface area contributed by atoms with E-state index in [1.165, 1.54) is 5.56 Å². The van der Waals surface area contributed by atoms with E-state index in [0.717, 1.165) is 6.42 Å². The summed E-state index contributed by atoms with van der Waals surface area (Å²) in [4.78, 5) is 25.1. The maximum absolute atomic E-state index is 12.4. The summed E-state index contributed by atoms with van der Waals surface area (Å²) in [7, 11) is 1.84. The summed E-state index contributed by atoms with van der Waals surface area (Å²) in [6.45, 7) is 0.710. The van der Waals surface area contributed by atoms with E-state index in [1.54, 1.807) is 4.90 Å². The number of likely N-dealkylation sites (N-methyl/N-ethyl adjacent to an activating group) is 1. The Labute approximate surface area is 125 Å². The first-order valence-corrected chi connectivity index (χ1v) is 7.59. The van der Waals surface area contributed by atoms with Crippen LogP contribution in [0.1, 0.15) is 31.2 Å². The lowest BCUT2D eigenvalue weighted by atomic mass is 9.81. The number of carbonyl (C=O) groups excluding carboxylic acids is 1. The SMILES string of the molecule is CN(CCc1ccccc1)C(=O)C1CCC(C(=O)O)CC1. The number of carbonyl (C=O) groups is 2. The second-order valence-corrected chi connectivity index (χ2v) is 5.88. The normalized spacial score (nSPS) is 21.8. The number of carboxylic acid groups (broad SMARTS) is 1. The number of hydrogen-bond acceptors (Lipinski definition) is 2. The lowest BCUT2D eigenvalue weighted by molar-refractivity contribution is -0.145. The van der Waals surface area contributed by atoms with Crippen LogP contribution in [-0.2, 0) is 16.0 Å². The zero-order chi connectivity index (χ0) is 15.2. The monoisotopic (exact) mass is 289 g/mol. The molecule has 0 bridgehead atoms. The van der Waals surface area contributed by atoms with Gasteiger partial charge in [-0.05, 0) is 37.7 Å². The van der Waals surface area contributed by atoms with Gasteiger partial charge < -0.3 is 10.0 Å². The van der Waals surface area contributed by atoms with Crippen LogP contribution in [0.4, 0.5) is 0 Å². The Morgan fingerprint density at radius 3 is 2.24 bits per heavy atom. The first kappa shape index (κ1) is 15.5. The standard InChI is InChI=1S/C17H23NO3/c1-18(12-11-13-5-3-2-4-6-13)16(19)14-7-9-15(10-8-14)17(20)21/h2-6,14-15H,7-12H2,1H3,(H,20,21). The fraction of sp³-hybridized carbons (Fsp3) is 0.529. The van der Waals surface area contributed by atoms with Crippen molar-refractivity contribution in [3.63, 3.8) is 0 Å². The number of amides is 1. The van der Waals surface area contributed by atoms with Gasteiger partial charge in [0.05, 0.1) is 5.92 Å². The van der Waals surface area contributed by atoms with Gasteiger partial charge in [0.2, 0.25) is 5.91 Å². The van der Waals surface area contributed by atoms with Gasteiger partial charge in [0, 0.05) is 19.5 Å². The first-order valence-electron chi connectivity index (χ1n) is 7.59.